The topological polar surface area (TPSA) is 65.5 Å². The second-order valence-corrected chi connectivity index (χ2v) is 4.49. The second kappa shape index (κ2) is 5.69. The number of piperazine rings is 1. The number of nitrogens with zero attached hydrogens (tertiary/aromatic N) is 3. The van der Waals surface area contributed by atoms with Gasteiger partial charge in [0.15, 0.2) is 0 Å². The van der Waals surface area contributed by atoms with E-state index in [-0.39, 0.29) is 18.4 Å². The molecule has 2 rings (SSSR count). The summed E-state index contributed by atoms with van der Waals surface area (Å²) in [6.07, 6.45) is 3.19. The molecule has 6 heteroatoms. The predicted molar refractivity (Wildman–Crippen MR) is 71.9 cm³/mol. The van der Waals surface area contributed by atoms with Crippen molar-refractivity contribution in [1.29, 1.82) is 0 Å². The van der Waals surface area contributed by atoms with Crippen LogP contribution in [0.3, 0.4) is 0 Å². The number of amides is 2. The van der Waals surface area contributed by atoms with Crippen LogP contribution >= 0.6 is 0 Å². The van der Waals surface area contributed by atoms with Crippen LogP contribution < -0.4 is 5.32 Å². The first-order valence-electron chi connectivity index (χ1n) is 6.34. The molecular weight excluding hydrogens is 244 g/mol. The number of pyridine rings is 1. The lowest BCUT2D eigenvalue weighted by molar-refractivity contribution is -0.133. The third-order valence-electron chi connectivity index (χ3n) is 3.16. The highest BCUT2D eigenvalue weighted by molar-refractivity contribution is 6.01. The first-order chi connectivity index (χ1) is 9.13. The Balaban J connectivity index is 2.18. The molecule has 0 spiro atoms. The minimum absolute atomic E-state index is 0.0338. The van der Waals surface area contributed by atoms with Gasteiger partial charge in [-0.2, -0.15) is 0 Å². The first-order valence-corrected chi connectivity index (χ1v) is 6.34. The third-order valence-corrected chi connectivity index (χ3v) is 3.16. The molecule has 0 unspecified atom stereocenters. The van der Waals surface area contributed by atoms with Crippen molar-refractivity contribution in [3.8, 4) is 0 Å². The average Bonchev–Trinajstić information content (AvgIpc) is 2.42. The lowest BCUT2D eigenvalue weighted by atomic mass is 10.2. The fraction of sp³-hybridized carbons (Fsp3) is 0.462. The lowest BCUT2D eigenvalue weighted by Crippen LogP contribution is -2.50. The summed E-state index contributed by atoms with van der Waals surface area (Å²) in [7, 11) is 1.75. The number of rotatable bonds is 3. The van der Waals surface area contributed by atoms with Crippen LogP contribution in [-0.4, -0.2) is 59.8 Å². The molecule has 1 aliphatic rings. The number of carbonyl (C=O) groups is 2. The van der Waals surface area contributed by atoms with Gasteiger partial charge in [-0.15, -0.1) is 0 Å². The first kappa shape index (κ1) is 13.3. The largest absolute Gasteiger partial charge is 0.385 e. The van der Waals surface area contributed by atoms with Gasteiger partial charge in [0, 0.05) is 39.1 Å². The Labute approximate surface area is 112 Å². The summed E-state index contributed by atoms with van der Waals surface area (Å²) >= 11 is 0. The van der Waals surface area contributed by atoms with Crippen LogP contribution in [0, 0.1) is 0 Å². The van der Waals surface area contributed by atoms with E-state index in [2.05, 4.69) is 10.3 Å². The van der Waals surface area contributed by atoms with Gasteiger partial charge in [-0.05, 0) is 13.0 Å². The molecule has 1 aromatic heterocycles. The van der Waals surface area contributed by atoms with Gasteiger partial charge in [-0.25, -0.2) is 0 Å². The highest BCUT2D eigenvalue weighted by Gasteiger charge is 2.26. The van der Waals surface area contributed by atoms with Crippen molar-refractivity contribution >= 4 is 17.5 Å². The van der Waals surface area contributed by atoms with E-state index in [4.69, 9.17) is 0 Å². The maximum atomic E-state index is 12.4. The minimum Gasteiger partial charge on any atom is -0.385 e. The lowest BCUT2D eigenvalue weighted by Gasteiger charge is -2.32. The van der Waals surface area contributed by atoms with Crippen LogP contribution in [0.1, 0.15) is 17.3 Å². The monoisotopic (exact) mass is 262 g/mol. The number of carbonyl (C=O) groups excluding carboxylic acids is 2. The number of aromatic nitrogens is 1. The van der Waals surface area contributed by atoms with Crippen molar-refractivity contribution in [3.63, 3.8) is 0 Å². The molecular formula is C13H18N4O2. The molecule has 6 nitrogen and oxygen atoms in total. The number of likely N-dealkylation sites (N-methyl/N-ethyl adjacent to an activating group) is 1. The zero-order valence-electron chi connectivity index (χ0n) is 11.2. The zero-order chi connectivity index (χ0) is 13.8. The van der Waals surface area contributed by atoms with Crippen LogP contribution in [0.4, 0.5) is 5.69 Å². The Morgan fingerprint density at radius 3 is 2.95 bits per heavy atom. The molecule has 102 valence electrons. The molecule has 0 bridgehead atoms. The van der Waals surface area contributed by atoms with Crippen LogP contribution in [0.5, 0.6) is 0 Å². The maximum Gasteiger partial charge on any atom is 0.258 e. The van der Waals surface area contributed by atoms with E-state index >= 15 is 0 Å². The smallest absolute Gasteiger partial charge is 0.258 e. The zero-order valence-corrected chi connectivity index (χ0v) is 11.2. The third kappa shape index (κ3) is 2.83. The molecule has 0 aliphatic carbocycles. The molecule has 1 aliphatic heterocycles. The van der Waals surface area contributed by atoms with Crippen LogP contribution in [-0.2, 0) is 4.79 Å². The Bertz CT molecular complexity index is 489. The van der Waals surface area contributed by atoms with Gasteiger partial charge < -0.3 is 15.1 Å². The summed E-state index contributed by atoms with van der Waals surface area (Å²) in [6, 6.07) is 1.77. The Morgan fingerprint density at radius 2 is 2.26 bits per heavy atom. The summed E-state index contributed by atoms with van der Waals surface area (Å²) in [5, 5.41) is 3.13. The SMILES string of the molecule is CCNc1ccncc1C(=O)N1CCN(C)C(=O)C1. The van der Waals surface area contributed by atoms with Gasteiger partial charge in [0.2, 0.25) is 5.91 Å². The van der Waals surface area contributed by atoms with Crippen LogP contribution in [0.2, 0.25) is 0 Å². The number of nitrogens with one attached hydrogen (secondary N) is 1. The Kier molecular flexibility index (Phi) is 3.99. The quantitative estimate of drug-likeness (QED) is 0.858. The van der Waals surface area contributed by atoms with Gasteiger partial charge in [0.25, 0.3) is 5.91 Å². The molecule has 1 N–H and O–H groups in total. The van der Waals surface area contributed by atoms with Gasteiger partial charge in [0.1, 0.15) is 6.54 Å². The molecule has 0 saturated carbocycles. The van der Waals surface area contributed by atoms with E-state index in [9.17, 15) is 9.59 Å². The van der Waals surface area contributed by atoms with Crippen LogP contribution in [0.25, 0.3) is 0 Å². The number of anilines is 1. The van der Waals surface area contributed by atoms with E-state index in [1.54, 1.807) is 35.3 Å². The van der Waals surface area contributed by atoms with E-state index in [0.29, 0.717) is 18.7 Å². The highest BCUT2D eigenvalue weighted by Crippen LogP contribution is 2.17. The van der Waals surface area contributed by atoms with Crippen molar-refractivity contribution < 1.29 is 9.59 Å². The highest BCUT2D eigenvalue weighted by atomic mass is 16.2. The second-order valence-electron chi connectivity index (χ2n) is 4.49. The molecule has 0 radical (unpaired) electrons. The van der Waals surface area contributed by atoms with Gasteiger partial charge in [-0.3, -0.25) is 14.6 Å². The summed E-state index contributed by atoms with van der Waals surface area (Å²) in [5.74, 6) is -0.181. The maximum absolute atomic E-state index is 12.4. The van der Waals surface area contributed by atoms with Gasteiger partial charge in [-0.1, -0.05) is 0 Å². The average molecular weight is 262 g/mol. The summed E-state index contributed by atoms with van der Waals surface area (Å²) in [5.41, 5.74) is 1.27. The molecule has 0 aromatic carbocycles. The number of hydrogen-bond donors (Lipinski definition) is 1. The summed E-state index contributed by atoms with van der Waals surface area (Å²) in [6.45, 7) is 3.96. The molecule has 19 heavy (non-hydrogen) atoms. The Morgan fingerprint density at radius 1 is 1.47 bits per heavy atom. The standard InChI is InChI=1S/C13H18N4O2/c1-3-15-11-4-5-14-8-10(11)13(19)17-7-6-16(2)12(18)9-17/h4-5,8H,3,6-7,9H2,1-2H3,(H,14,15). The molecule has 0 atom stereocenters. The molecule has 1 saturated heterocycles. The van der Waals surface area contributed by atoms with Crippen molar-refractivity contribution in [2.45, 2.75) is 6.92 Å². The fourth-order valence-corrected chi connectivity index (χ4v) is 2.01. The molecule has 2 amide bonds. The van der Waals surface area contributed by atoms with Gasteiger partial charge in [0.05, 0.1) is 11.3 Å². The predicted octanol–water partition coefficient (Wildman–Crippen LogP) is 0.428. The summed E-state index contributed by atoms with van der Waals surface area (Å²) in [4.78, 5) is 31.3. The number of hydrogen-bond acceptors (Lipinski definition) is 4. The van der Waals surface area contributed by atoms with Gasteiger partial charge >= 0.3 is 0 Å². The van der Waals surface area contributed by atoms with E-state index in [1.165, 1.54) is 0 Å². The Hall–Kier alpha value is -2.11. The fourth-order valence-electron chi connectivity index (χ4n) is 2.01. The van der Waals surface area contributed by atoms with Crippen molar-refractivity contribution in [2.75, 3.05) is 38.5 Å². The molecule has 2 heterocycles. The van der Waals surface area contributed by atoms with Crippen molar-refractivity contribution in [2.24, 2.45) is 0 Å². The summed E-state index contributed by atoms with van der Waals surface area (Å²) < 4.78 is 0. The minimum atomic E-state index is -0.148. The van der Waals surface area contributed by atoms with Crippen molar-refractivity contribution in [1.82, 2.24) is 14.8 Å². The van der Waals surface area contributed by atoms with E-state index in [0.717, 1.165) is 12.2 Å². The van der Waals surface area contributed by atoms with Crippen molar-refractivity contribution in [3.05, 3.63) is 24.0 Å². The van der Waals surface area contributed by atoms with E-state index < -0.39 is 0 Å². The molecule has 1 aromatic rings. The van der Waals surface area contributed by atoms with Crippen LogP contribution in [0.15, 0.2) is 18.5 Å². The normalized spacial score (nSPS) is 15.6. The van der Waals surface area contributed by atoms with E-state index in [1.807, 2.05) is 6.92 Å². The molecule has 1 fully saturated rings.